The summed E-state index contributed by atoms with van der Waals surface area (Å²) in [5, 5.41) is 4.88. The third-order valence-electron chi connectivity index (χ3n) is 3.12. The summed E-state index contributed by atoms with van der Waals surface area (Å²) in [6.07, 6.45) is 11.9. The maximum atomic E-state index is 6.40. The Morgan fingerprint density at radius 3 is 2.20 bits per heavy atom. The van der Waals surface area contributed by atoms with Crippen LogP contribution in [-0.2, 0) is 0 Å². The molecule has 0 radical (unpaired) electrons. The molecule has 3 rings (SSSR count). The molecule has 0 fully saturated rings. The van der Waals surface area contributed by atoms with Gasteiger partial charge in [0.15, 0.2) is 12.4 Å². The highest BCUT2D eigenvalue weighted by Gasteiger charge is 2.06. The van der Waals surface area contributed by atoms with E-state index in [2.05, 4.69) is 17.4 Å². The first-order valence-electron chi connectivity index (χ1n) is 6.41. The number of nitrogens with one attached hydrogen (secondary N) is 1. The normalized spacial score (nSPS) is 13.2. The van der Waals surface area contributed by atoms with Crippen LogP contribution in [0.1, 0.15) is 5.56 Å². The number of allylic oxidation sites excluding steroid dienone is 2. The van der Waals surface area contributed by atoms with E-state index in [0.29, 0.717) is 5.17 Å². The Morgan fingerprint density at radius 2 is 1.55 bits per heavy atom. The first kappa shape index (κ1) is 12.7. The minimum absolute atomic E-state index is 0.693. The number of benzene rings is 1. The van der Waals surface area contributed by atoms with Gasteiger partial charge in [0.25, 0.3) is 5.17 Å². The van der Waals surface area contributed by atoms with Crippen molar-refractivity contribution in [1.82, 2.24) is 5.32 Å². The zero-order valence-electron chi connectivity index (χ0n) is 10.8. The van der Waals surface area contributed by atoms with Crippen molar-refractivity contribution in [2.45, 2.75) is 0 Å². The molecule has 3 heteroatoms. The fourth-order valence-electron chi connectivity index (χ4n) is 2.05. The SMILES string of the molecule is ClC(c1ccccc1)=[n+]1ccc(=C2C=CNC=C2)cc1. The maximum absolute atomic E-state index is 6.40. The number of dihydropyridines is 1. The second-order valence-electron chi connectivity index (χ2n) is 4.44. The van der Waals surface area contributed by atoms with Gasteiger partial charge in [0.05, 0.1) is 5.56 Å². The van der Waals surface area contributed by atoms with E-state index >= 15 is 0 Å². The molecule has 0 bridgehead atoms. The highest BCUT2D eigenvalue weighted by atomic mass is 35.5. The molecule has 0 saturated heterocycles. The summed E-state index contributed by atoms with van der Waals surface area (Å²) in [6, 6.07) is 14.0. The molecule has 1 N–H and O–H groups in total. The lowest BCUT2D eigenvalue weighted by molar-refractivity contribution is -0.513. The van der Waals surface area contributed by atoms with E-state index < -0.39 is 0 Å². The van der Waals surface area contributed by atoms with Crippen molar-refractivity contribution in [2.75, 3.05) is 0 Å². The van der Waals surface area contributed by atoms with Crippen LogP contribution in [0.5, 0.6) is 0 Å². The lowest BCUT2D eigenvalue weighted by Gasteiger charge is -2.00. The fraction of sp³-hybridized carbons (Fsp3) is 0. The van der Waals surface area contributed by atoms with Crippen LogP contribution >= 0.6 is 11.6 Å². The predicted octanol–water partition coefficient (Wildman–Crippen LogP) is 2.38. The summed E-state index contributed by atoms with van der Waals surface area (Å²) in [5.74, 6) is 0. The van der Waals surface area contributed by atoms with Gasteiger partial charge in [-0.15, -0.1) is 0 Å². The Hall–Kier alpha value is -2.32. The number of hydrogen-bond donors (Lipinski definition) is 1. The quantitative estimate of drug-likeness (QED) is 0.795. The first-order valence-corrected chi connectivity index (χ1v) is 6.78. The summed E-state index contributed by atoms with van der Waals surface area (Å²) < 4.78 is 1.91. The second kappa shape index (κ2) is 5.76. The molecule has 0 spiro atoms. The van der Waals surface area contributed by atoms with Crippen LogP contribution in [0.4, 0.5) is 0 Å². The Morgan fingerprint density at radius 1 is 0.900 bits per heavy atom. The molecule has 0 unspecified atom stereocenters. The number of nitrogens with zero attached hydrogens (tertiary/aromatic N) is 1. The number of rotatable bonds is 1. The summed E-state index contributed by atoms with van der Waals surface area (Å²) in [4.78, 5) is 0. The minimum atomic E-state index is 0.693. The summed E-state index contributed by atoms with van der Waals surface area (Å²) in [6.45, 7) is 0. The molecule has 0 aliphatic carbocycles. The predicted molar refractivity (Wildman–Crippen MR) is 81.1 cm³/mol. The van der Waals surface area contributed by atoms with E-state index in [9.17, 15) is 0 Å². The minimum Gasteiger partial charge on any atom is -0.368 e. The van der Waals surface area contributed by atoms with Gasteiger partial charge in [-0.25, -0.2) is 0 Å². The Balaban J connectivity index is 2.08. The van der Waals surface area contributed by atoms with Gasteiger partial charge < -0.3 is 5.32 Å². The number of halogens is 1. The van der Waals surface area contributed by atoms with E-state index in [-0.39, 0.29) is 0 Å². The zero-order chi connectivity index (χ0) is 13.8. The van der Waals surface area contributed by atoms with Crippen LogP contribution in [0, 0.1) is 5.17 Å². The van der Waals surface area contributed by atoms with Crippen molar-refractivity contribution < 1.29 is 4.24 Å². The second-order valence-corrected chi connectivity index (χ2v) is 4.80. The Labute approximate surface area is 122 Å². The van der Waals surface area contributed by atoms with Crippen LogP contribution < -0.4 is 14.8 Å². The van der Waals surface area contributed by atoms with Crippen molar-refractivity contribution >= 4 is 17.2 Å². The van der Waals surface area contributed by atoms with Gasteiger partial charge in [0.2, 0.25) is 0 Å². The topological polar surface area (TPSA) is 17.9 Å². The van der Waals surface area contributed by atoms with E-state index in [0.717, 1.165) is 10.8 Å². The lowest BCUT2D eigenvalue weighted by Crippen LogP contribution is -2.22. The largest absolute Gasteiger partial charge is 0.368 e. The van der Waals surface area contributed by atoms with E-state index in [4.69, 9.17) is 11.6 Å². The van der Waals surface area contributed by atoms with Crippen LogP contribution in [0.25, 0.3) is 5.57 Å². The van der Waals surface area contributed by atoms with Gasteiger partial charge in [0.1, 0.15) is 0 Å². The summed E-state index contributed by atoms with van der Waals surface area (Å²) in [7, 11) is 0. The van der Waals surface area contributed by atoms with Crippen molar-refractivity contribution in [3.8, 4) is 0 Å². The molecule has 0 saturated carbocycles. The highest BCUT2D eigenvalue weighted by Crippen LogP contribution is 2.08. The van der Waals surface area contributed by atoms with Crippen LogP contribution in [0.2, 0.25) is 0 Å². The van der Waals surface area contributed by atoms with Gasteiger partial charge in [0, 0.05) is 24.5 Å². The smallest absolute Gasteiger partial charge is 0.287 e. The zero-order valence-corrected chi connectivity index (χ0v) is 11.6. The molecule has 0 amide bonds. The molecule has 2 heterocycles. The van der Waals surface area contributed by atoms with E-state index in [1.165, 1.54) is 5.57 Å². The molecule has 1 aliphatic rings. The molecule has 2 aromatic rings. The van der Waals surface area contributed by atoms with Gasteiger partial charge in [-0.1, -0.05) is 18.2 Å². The molecule has 0 atom stereocenters. The van der Waals surface area contributed by atoms with Gasteiger partial charge in [-0.3, -0.25) is 0 Å². The fourth-order valence-corrected chi connectivity index (χ4v) is 2.29. The lowest BCUT2D eigenvalue weighted by atomic mass is 10.1. The van der Waals surface area contributed by atoms with Gasteiger partial charge >= 0.3 is 0 Å². The van der Waals surface area contributed by atoms with Crippen LogP contribution in [-0.4, -0.2) is 0 Å². The Bertz CT molecular complexity index is 752. The van der Waals surface area contributed by atoms with Crippen molar-refractivity contribution in [2.24, 2.45) is 0 Å². The molecule has 98 valence electrons. The average molecular weight is 282 g/mol. The average Bonchev–Trinajstić information content (AvgIpc) is 2.56. The van der Waals surface area contributed by atoms with Gasteiger partial charge in [-0.2, -0.15) is 4.24 Å². The van der Waals surface area contributed by atoms with Gasteiger partial charge in [-0.05, 0) is 46.7 Å². The molecule has 2 nitrogen and oxygen atoms in total. The molecular formula is C17H14ClN2+. The van der Waals surface area contributed by atoms with Crippen molar-refractivity contribution in [3.05, 3.63) is 95.4 Å². The third-order valence-corrected chi connectivity index (χ3v) is 3.53. The van der Waals surface area contributed by atoms with Crippen LogP contribution in [0.3, 0.4) is 0 Å². The third kappa shape index (κ3) is 2.65. The van der Waals surface area contributed by atoms with Crippen LogP contribution in [0.15, 0.2) is 79.4 Å². The molecule has 1 aromatic heterocycles. The standard InChI is InChI=1S/C17H14ClN2/c18-17(16-4-2-1-3-5-16)20-12-8-15(9-13-20)14-6-10-19-11-7-14/h1-13,19H/q+1. The summed E-state index contributed by atoms with van der Waals surface area (Å²) >= 11 is 6.40. The van der Waals surface area contributed by atoms with E-state index in [1.807, 2.05) is 71.5 Å². The number of hydrogen-bond acceptors (Lipinski definition) is 1. The number of aromatic nitrogens is 1. The monoisotopic (exact) mass is 281 g/mol. The van der Waals surface area contributed by atoms with Crippen molar-refractivity contribution in [3.63, 3.8) is 0 Å². The molecule has 20 heavy (non-hydrogen) atoms. The molecular weight excluding hydrogens is 268 g/mol. The van der Waals surface area contributed by atoms with Crippen molar-refractivity contribution in [1.29, 1.82) is 0 Å². The maximum Gasteiger partial charge on any atom is 0.287 e. The number of pyridine rings is 1. The molecule has 1 aliphatic heterocycles. The summed E-state index contributed by atoms with van der Waals surface area (Å²) in [5.41, 5.74) is 2.17. The first-order chi connectivity index (χ1) is 9.84. The molecule has 1 aromatic carbocycles. The Kier molecular flexibility index (Phi) is 3.66. The highest BCUT2D eigenvalue weighted by molar-refractivity contribution is 6.26. The van der Waals surface area contributed by atoms with E-state index in [1.54, 1.807) is 0 Å².